The van der Waals surface area contributed by atoms with E-state index in [1.165, 1.54) is 12.1 Å². The minimum absolute atomic E-state index is 0.146. The number of ether oxygens (including phenoxy) is 1. The summed E-state index contributed by atoms with van der Waals surface area (Å²) < 4.78 is 48.7. The molecular formula is C30H40F3N3O4. The first-order chi connectivity index (χ1) is 18.5. The zero-order chi connectivity index (χ0) is 29.9. The third-order valence-electron chi connectivity index (χ3n) is 7.21. The second-order valence-corrected chi connectivity index (χ2v) is 12.5. The van der Waals surface area contributed by atoms with Gasteiger partial charge in [-0.1, -0.05) is 51.5 Å². The first-order valence-electron chi connectivity index (χ1n) is 13.5. The molecule has 3 rings (SSSR count). The van der Waals surface area contributed by atoms with Gasteiger partial charge in [-0.05, 0) is 50.3 Å². The highest BCUT2D eigenvalue weighted by atomic mass is 19.3. The normalized spacial score (nSPS) is 19.8. The van der Waals surface area contributed by atoms with Crippen molar-refractivity contribution >= 4 is 12.0 Å². The average molecular weight is 564 g/mol. The van der Waals surface area contributed by atoms with Crippen molar-refractivity contribution in [3.05, 3.63) is 54.0 Å². The molecule has 0 spiro atoms. The Bertz CT molecular complexity index is 1180. The lowest BCUT2D eigenvalue weighted by molar-refractivity contribution is -0.132. The van der Waals surface area contributed by atoms with E-state index in [4.69, 9.17) is 4.74 Å². The number of nitrogens with one attached hydrogen (secondary N) is 1. The molecule has 2 N–H and O–H groups in total. The molecule has 220 valence electrons. The number of halogens is 3. The molecular weight excluding hydrogens is 523 g/mol. The van der Waals surface area contributed by atoms with E-state index in [0.717, 1.165) is 17.5 Å². The molecule has 1 aromatic heterocycles. The monoisotopic (exact) mass is 563 g/mol. The van der Waals surface area contributed by atoms with E-state index in [0.29, 0.717) is 23.2 Å². The maximum atomic E-state index is 15.0. The summed E-state index contributed by atoms with van der Waals surface area (Å²) in [5.41, 5.74) is -1.38. The predicted molar refractivity (Wildman–Crippen MR) is 146 cm³/mol. The lowest BCUT2D eigenvalue weighted by Gasteiger charge is -2.37. The summed E-state index contributed by atoms with van der Waals surface area (Å²) in [6, 6.07) is 9.53. The molecule has 40 heavy (non-hydrogen) atoms. The molecule has 2 amide bonds. The van der Waals surface area contributed by atoms with Crippen LogP contribution in [0.5, 0.6) is 0 Å². The molecule has 0 bridgehead atoms. The summed E-state index contributed by atoms with van der Waals surface area (Å²) in [5, 5.41) is 13.2. The number of nitrogens with zero attached hydrogens (tertiary/aromatic N) is 2. The van der Waals surface area contributed by atoms with Gasteiger partial charge in [-0.3, -0.25) is 14.7 Å². The number of alkyl halides is 2. The van der Waals surface area contributed by atoms with Crippen LogP contribution in [-0.2, 0) is 16.0 Å². The van der Waals surface area contributed by atoms with Gasteiger partial charge in [-0.2, -0.15) is 0 Å². The molecule has 2 atom stereocenters. The lowest BCUT2D eigenvalue weighted by atomic mass is 9.83. The number of aliphatic hydroxyl groups excluding tert-OH is 1. The van der Waals surface area contributed by atoms with E-state index in [1.807, 2.05) is 20.8 Å². The number of rotatable bonds is 9. The Kier molecular flexibility index (Phi) is 9.23. The van der Waals surface area contributed by atoms with Gasteiger partial charge in [0.05, 0.1) is 24.5 Å². The number of hydrogen-bond acceptors (Lipinski definition) is 5. The lowest BCUT2D eigenvalue weighted by Crippen LogP contribution is -2.60. The van der Waals surface area contributed by atoms with Crippen molar-refractivity contribution in [1.82, 2.24) is 15.2 Å². The van der Waals surface area contributed by atoms with Gasteiger partial charge in [-0.25, -0.2) is 18.0 Å². The van der Waals surface area contributed by atoms with Gasteiger partial charge in [0.25, 0.3) is 5.92 Å². The fourth-order valence-electron chi connectivity index (χ4n) is 4.87. The molecule has 0 saturated carbocycles. The van der Waals surface area contributed by atoms with Crippen LogP contribution in [0.15, 0.2) is 42.6 Å². The standard InChI is InChI=1S/C30H40F3N3O4/c1-7-28(5,6)15-23(37)17-35-25(38)29(18-30(32,33)19-36(29)26(39)40-27(2,3)4)14-20-8-10-21(11-9-20)24-13-12-22(31)16-34-24/h8-13,16,23,37H,7,14-15,17-19H2,1-6H3,(H,35,38). The Labute approximate surface area is 234 Å². The molecule has 2 heterocycles. The third kappa shape index (κ3) is 7.96. The number of aromatic nitrogens is 1. The fraction of sp³-hybridized carbons (Fsp3) is 0.567. The van der Waals surface area contributed by atoms with Gasteiger partial charge >= 0.3 is 6.09 Å². The zero-order valence-corrected chi connectivity index (χ0v) is 24.1. The van der Waals surface area contributed by atoms with Crippen molar-refractivity contribution in [1.29, 1.82) is 0 Å². The smallest absolute Gasteiger partial charge is 0.411 e. The second kappa shape index (κ2) is 11.8. The van der Waals surface area contributed by atoms with E-state index in [1.54, 1.807) is 45.0 Å². The SMILES string of the molecule is CCC(C)(C)CC(O)CNC(=O)C1(Cc2ccc(-c3ccc(F)cn3)cc2)CC(F)(F)CN1C(=O)OC(C)(C)C. The first-order valence-corrected chi connectivity index (χ1v) is 13.5. The van der Waals surface area contributed by atoms with Gasteiger partial charge in [0.15, 0.2) is 0 Å². The Morgan fingerprint density at radius 2 is 1.77 bits per heavy atom. The molecule has 2 aromatic rings. The number of hydrogen-bond donors (Lipinski definition) is 2. The predicted octanol–water partition coefficient (Wildman–Crippen LogP) is 5.75. The number of carbonyl (C=O) groups is 2. The largest absolute Gasteiger partial charge is 0.444 e. The molecule has 1 aromatic carbocycles. The minimum atomic E-state index is -3.34. The summed E-state index contributed by atoms with van der Waals surface area (Å²) in [6.45, 7) is 9.72. The van der Waals surface area contributed by atoms with Gasteiger partial charge < -0.3 is 15.2 Å². The van der Waals surface area contributed by atoms with Crippen molar-refractivity contribution in [3.63, 3.8) is 0 Å². The van der Waals surface area contributed by atoms with Gasteiger partial charge in [-0.15, -0.1) is 0 Å². The van der Waals surface area contributed by atoms with Crippen molar-refractivity contribution < 1.29 is 32.6 Å². The highest BCUT2D eigenvalue weighted by Gasteiger charge is 2.61. The summed E-state index contributed by atoms with van der Waals surface area (Å²) in [4.78, 5) is 31.8. The Balaban J connectivity index is 1.94. The number of benzene rings is 1. The summed E-state index contributed by atoms with van der Waals surface area (Å²) in [5.74, 6) is -4.59. The van der Waals surface area contributed by atoms with Crippen LogP contribution in [0, 0.1) is 11.2 Å². The maximum Gasteiger partial charge on any atom is 0.411 e. The van der Waals surface area contributed by atoms with Crippen LogP contribution >= 0.6 is 0 Å². The topological polar surface area (TPSA) is 91.8 Å². The average Bonchev–Trinajstić information content (AvgIpc) is 3.13. The van der Waals surface area contributed by atoms with Crippen molar-refractivity contribution in [2.75, 3.05) is 13.1 Å². The van der Waals surface area contributed by atoms with Gasteiger partial charge in [0.2, 0.25) is 5.91 Å². The number of carbonyl (C=O) groups excluding carboxylic acids is 2. The molecule has 1 fully saturated rings. The van der Waals surface area contributed by atoms with Gasteiger partial charge in [0, 0.05) is 24.9 Å². The van der Waals surface area contributed by atoms with Crippen LogP contribution < -0.4 is 5.32 Å². The molecule has 7 nitrogen and oxygen atoms in total. The second-order valence-electron chi connectivity index (χ2n) is 12.5. The Hall–Kier alpha value is -3.14. The maximum absolute atomic E-state index is 15.0. The molecule has 1 saturated heterocycles. The van der Waals surface area contributed by atoms with E-state index >= 15 is 8.78 Å². The van der Waals surface area contributed by atoms with Crippen molar-refractivity contribution in [2.45, 2.75) is 90.4 Å². The Morgan fingerprint density at radius 1 is 1.12 bits per heavy atom. The van der Waals surface area contributed by atoms with E-state index in [-0.39, 0.29) is 18.4 Å². The fourth-order valence-corrected chi connectivity index (χ4v) is 4.87. The molecule has 0 aliphatic carbocycles. The zero-order valence-electron chi connectivity index (χ0n) is 24.1. The number of likely N-dealkylation sites (tertiary alicyclic amines) is 1. The number of aliphatic hydroxyl groups is 1. The van der Waals surface area contributed by atoms with Crippen LogP contribution in [-0.4, -0.2) is 63.2 Å². The first kappa shape index (κ1) is 31.4. The third-order valence-corrected chi connectivity index (χ3v) is 7.21. The molecule has 1 aliphatic rings. The molecule has 10 heteroatoms. The van der Waals surface area contributed by atoms with Gasteiger partial charge in [0.1, 0.15) is 17.0 Å². The van der Waals surface area contributed by atoms with Crippen LogP contribution in [0.3, 0.4) is 0 Å². The van der Waals surface area contributed by atoms with Crippen molar-refractivity contribution in [3.8, 4) is 11.3 Å². The number of amides is 2. The summed E-state index contributed by atoms with van der Waals surface area (Å²) >= 11 is 0. The van der Waals surface area contributed by atoms with Crippen LogP contribution in [0.2, 0.25) is 0 Å². The molecule has 1 aliphatic heterocycles. The molecule has 0 radical (unpaired) electrons. The van der Waals surface area contributed by atoms with E-state index in [2.05, 4.69) is 10.3 Å². The molecule has 2 unspecified atom stereocenters. The summed E-state index contributed by atoms with van der Waals surface area (Å²) in [7, 11) is 0. The minimum Gasteiger partial charge on any atom is -0.444 e. The van der Waals surface area contributed by atoms with Crippen LogP contribution in [0.4, 0.5) is 18.0 Å². The quantitative estimate of drug-likeness (QED) is 0.406. The summed E-state index contributed by atoms with van der Waals surface area (Å²) in [6.07, 6.45) is -0.705. The number of pyridine rings is 1. The van der Waals surface area contributed by atoms with E-state index in [9.17, 15) is 19.1 Å². The highest BCUT2D eigenvalue weighted by Crippen LogP contribution is 2.43. The Morgan fingerprint density at radius 3 is 2.33 bits per heavy atom. The van der Waals surface area contributed by atoms with Crippen molar-refractivity contribution in [2.24, 2.45) is 5.41 Å². The highest BCUT2D eigenvalue weighted by molar-refractivity contribution is 5.91. The van der Waals surface area contributed by atoms with E-state index < -0.39 is 53.9 Å². The van der Waals surface area contributed by atoms with Crippen LogP contribution in [0.1, 0.15) is 66.4 Å². The van der Waals surface area contributed by atoms with Crippen LogP contribution in [0.25, 0.3) is 11.3 Å².